The van der Waals surface area contributed by atoms with Gasteiger partial charge < -0.3 is 19.5 Å². The maximum Gasteiger partial charge on any atom is 0.126 e. The minimum absolute atomic E-state index is 0.174. The smallest absolute Gasteiger partial charge is 0.126 e. The maximum absolute atomic E-state index is 13.8. The molecule has 1 aliphatic heterocycles. The fourth-order valence-electron chi connectivity index (χ4n) is 2.95. The number of halogens is 1. The van der Waals surface area contributed by atoms with Gasteiger partial charge in [-0.25, -0.2) is 4.39 Å². The zero-order valence-electron chi connectivity index (χ0n) is 14.0. The number of nitrogens with one attached hydrogen (secondary N) is 1. The van der Waals surface area contributed by atoms with Crippen LogP contribution in [0.15, 0.2) is 36.4 Å². The van der Waals surface area contributed by atoms with Crippen molar-refractivity contribution in [2.75, 3.05) is 27.3 Å². The molecule has 1 N–H and O–H groups in total. The summed E-state index contributed by atoms with van der Waals surface area (Å²) in [6.45, 7) is 2.16. The van der Waals surface area contributed by atoms with Crippen LogP contribution in [-0.4, -0.2) is 33.4 Å². The first kappa shape index (κ1) is 16.7. The van der Waals surface area contributed by atoms with E-state index in [2.05, 4.69) is 5.32 Å². The van der Waals surface area contributed by atoms with Crippen molar-refractivity contribution in [3.05, 3.63) is 47.8 Å². The second kappa shape index (κ2) is 7.64. The first-order valence-electron chi connectivity index (χ1n) is 8.04. The number of hydrogen-bond acceptors (Lipinski definition) is 4. The summed E-state index contributed by atoms with van der Waals surface area (Å²) in [4.78, 5) is 0. The van der Waals surface area contributed by atoms with E-state index in [-0.39, 0.29) is 11.9 Å². The van der Waals surface area contributed by atoms with Crippen molar-refractivity contribution in [3.63, 3.8) is 0 Å². The fourth-order valence-corrected chi connectivity index (χ4v) is 2.95. The first-order chi connectivity index (χ1) is 11.7. The van der Waals surface area contributed by atoms with Gasteiger partial charge in [0.25, 0.3) is 0 Å². The van der Waals surface area contributed by atoms with Crippen molar-refractivity contribution in [3.8, 4) is 22.6 Å². The number of rotatable bonds is 6. The molecule has 24 heavy (non-hydrogen) atoms. The molecule has 0 aliphatic carbocycles. The Bertz CT molecular complexity index is 699. The van der Waals surface area contributed by atoms with Crippen molar-refractivity contribution < 1.29 is 18.6 Å². The van der Waals surface area contributed by atoms with Gasteiger partial charge >= 0.3 is 0 Å². The Labute approximate surface area is 141 Å². The summed E-state index contributed by atoms with van der Waals surface area (Å²) in [5.41, 5.74) is 2.55. The Morgan fingerprint density at radius 3 is 2.67 bits per heavy atom. The highest BCUT2D eigenvalue weighted by atomic mass is 19.1. The normalized spacial score (nSPS) is 17.0. The van der Waals surface area contributed by atoms with Gasteiger partial charge in [0.05, 0.1) is 26.9 Å². The minimum atomic E-state index is -0.274. The Kier molecular flexibility index (Phi) is 5.33. The molecule has 0 unspecified atom stereocenters. The summed E-state index contributed by atoms with van der Waals surface area (Å²) >= 11 is 0. The summed E-state index contributed by atoms with van der Waals surface area (Å²) in [5.74, 6) is 1.16. The van der Waals surface area contributed by atoms with Gasteiger partial charge in [0.1, 0.15) is 17.3 Å². The van der Waals surface area contributed by atoms with E-state index in [0.29, 0.717) is 12.4 Å². The third-order valence-electron chi connectivity index (χ3n) is 4.25. The topological polar surface area (TPSA) is 39.7 Å². The minimum Gasteiger partial charge on any atom is -0.497 e. The molecule has 128 valence electrons. The van der Waals surface area contributed by atoms with Crippen LogP contribution in [0.25, 0.3) is 11.1 Å². The van der Waals surface area contributed by atoms with Gasteiger partial charge in [0.2, 0.25) is 0 Å². The SMILES string of the molecule is COc1ccc(OC)c(-c2ccc(F)cc2CO[C@H]2CCNC2)c1. The lowest BCUT2D eigenvalue weighted by molar-refractivity contribution is 0.0543. The molecule has 1 atom stereocenters. The number of ether oxygens (including phenoxy) is 3. The van der Waals surface area contributed by atoms with Crippen LogP contribution < -0.4 is 14.8 Å². The van der Waals surface area contributed by atoms with E-state index in [1.165, 1.54) is 12.1 Å². The van der Waals surface area contributed by atoms with Crippen LogP contribution in [0.2, 0.25) is 0 Å². The van der Waals surface area contributed by atoms with Gasteiger partial charge in [0, 0.05) is 12.1 Å². The third-order valence-corrected chi connectivity index (χ3v) is 4.25. The lowest BCUT2D eigenvalue weighted by Crippen LogP contribution is -2.16. The summed E-state index contributed by atoms with van der Waals surface area (Å²) in [6, 6.07) is 10.3. The molecule has 1 fully saturated rings. The van der Waals surface area contributed by atoms with Gasteiger partial charge in [-0.2, -0.15) is 0 Å². The number of benzene rings is 2. The molecule has 4 nitrogen and oxygen atoms in total. The van der Waals surface area contributed by atoms with Crippen molar-refractivity contribution in [2.24, 2.45) is 0 Å². The number of hydrogen-bond donors (Lipinski definition) is 1. The van der Waals surface area contributed by atoms with Crippen molar-refractivity contribution >= 4 is 0 Å². The molecule has 1 aliphatic rings. The highest BCUT2D eigenvalue weighted by molar-refractivity contribution is 5.74. The maximum atomic E-state index is 13.8. The summed E-state index contributed by atoms with van der Waals surface area (Å²) < 4.78 is 30.5. The molecule has 3 rings (SSSR count). The van der Waals surface area contributed by atoms with Gasteiger partial charge in [-0.05, 0) is 54.4 Å². The van der Waals surface area contributed by atoms with Gasteiger partial charge in [-0.15, -0.1) is 0 Å². The molecular formula is C19H22FNO3. The van der Waals surface area contributed by atoms with Crippen molar-refractivity contribution in [2.45, 2.75) is 19.1 Å². The van der Waals surface area contributed by atoms with E-state index in [9.17, 15) is 4.39 Å². The van der Waals surface area contributed by atoms with Gasteiger partial charge in [0.15, 0.2) is 0 Å². The van der Waals surface area contributed by atoms with E-state index >= 15 is 0 Å². The monoisotopic (exact) mass is 331 g/mol. The Morgan fingerprint density at radius 2 is 1.96 bits per heavy atom. The zero-order valence-corrected chi connectivity index (χ0v) is 14.0. The lowest BCUT2D eigenvalue weighted by atomic mass is 9.98. The van der Waals surface area contributed by atoms with E-state index in [4.69, 9.17) is 14.2 Å². The third kappa shape index (κ3) is 3.68. The van der Waals surface area contributed by atoms with Crippen LogP contribution in [0.5, 0.6) is 11.5 Å². The molecule has 2 aromatic carbocycles. The van der Waals surface area contributed by atoms with E-state index < -0.39 is 0 Å². The van der Waals surface area contributed by atoms with Crippen LogP contribution in [-0.2, 0) is 11.3 Å². The Balaban J connectivity index is 1.94. The predicted octanol–water partition coefficient (Wildman–Crippen LogP) is 3.39. The quantitative estimate of drug-likeness (QED) is 0.881. The lowest BCUT2D eigenvalue weighted by Gasteiger charge is -2.16. The molecule has 0 amide bonds. The van der Waals surface area contributed by atoms with Crippen molar-refractivity contribution in [1.29, 1.82) is 0 Å². The fraction of sp³-hybridized carbons (Fsp3) is 0.368. The number of methoxy groups -OCH3 is 2. The molecular weight excluding hydrogens is 309 g/mol. The van der Waals surface area contributed by atoms with E-state index in [0.717, 1.165) is 42.0 Å². The highest BCUT2D eigenvalue weighted by Crippen LogP contribution is 2.36. The van der Waals surface area contributed by atoms with Crippen molar-refractivity contribution in [1.82, 2.24) is 5.32 Å². The summed E-state index contributed by atoms with van der Waals surface area (Å²) in [7, 11) is 3.24. The Morgan fingerprint density at radius 1 is 1.08 bits per heavy atom. The van der Waals surface area contributed by atoms with E-state index in [1.54, 1.807) is 20.3 Å². The van der Waals surface area contributed by atoms with Crippen LogP contribution in [0, 0.1) is 5.82 Å². The molecule has 0 spiro atoms. The standard InChI is InChI=1S/C19H22FNO3/c1-22-15-4-6-19(23-2)18(10-15)17-5-3-14(20)9-13(17)12-24-16-7-8-21-11-16/h3-6,9-10,16,21H,7-8,11-12H2,1-2H3/t16-/m0/s1. The summed E-state index contributed by atoms with van der Waals surface area (Å²) in [5, 5.41) is 3.26. The van der Waals surface area contributed by atoms with Gasteiger partial charge in [-0.3, -0.25) is 0 Å². The predicted molar refractivity (Wildman–Crippen MR) is 91.0 cm³/mol. The largest absolute Gasteiger partial charge is 0.497 e. The second-order valence-corrected chi connectivity index (χ2v) is 5.79. The molecule has 0 bridgehead atoms. The van der Waals surface area contributed by atoms with Crippen LogP contribution in [0.1, 0.15) is 12.0 Å². The second-order valence-electron chi connectivity index (χ2n) is 5.79. The van der Waals surface area contributed by atoms with E-state index in [1.807, 2.05) is 18.2 Å². The molecule has 2 aromatic rings. The average molecular weight is 331 g/mol. The molecule has 0 aromatic heterocycles. The highest BCUT2D eigenvalue weighted by Gasteiger charge is 2.17. The zero-order chi connectivity index (χ0) is 16.9. The first-order valence-corrected chi connectivity index (χ1v) is 8.04. The molecule has 1 heterocycles. The average Bonchev–Trinajstić information content (AvgIpc) is 3.13. The summed E-state index contributed by atoms with van der Waals surface area (Å²) in [6.07, 6.45) is 1.15. The van der Waals surface area contributed by atoms with Crippen LogP contribution >= 0.6 is 0 Å². The van der Waals surface area contributed by atoms with Crippen LogP contribution in [0.4, 0.5) is 4.39 Å². The Hall–Kier alpha value is -2.11. The molecule has 0 saturated carbocycles. The van der Waals surface area contributed by atoms with Crippen LogP contribution in [0.3, 0.4) is 0 Å². The van der Waals surface area contributed by atoms with Gasteiger partial charge in [-0.1, -0.05) is 6.07 Å². The molecule has 0 radical (unpaired) electrons. The molecule has 1 saturated heterocycles. The molecule has 5 heteroatoms.